The van der Waals surface area contributed by atoms with Gasteiger partial charge in [0.25, 0.3) is 0 Å². The predicted octanol–water partition coefficient (Wildman–Crippen LogP) is 3.89. The van der Waals surface area contributed by atoms with Crippen molar-refractivity contribution in [1.29, 1.82) is 0 Å². The average Bonchev–Trinajstić information content (AvgIpc) is 2.91. The smallest absolute Gasteiger partial charge is 0.227 e. The van der Waals surface area contributed by atoms with E-state index in [4.69, 9.17) is 0 Å². The number of aryl methyl sites for hydroxylation is 2. The lowest BCUT2D eigenvalue weighted by Gasteiger charge is -2.23. The standard InChI is InChI=1S/C21H30N2O2/c1-15-10-16(2)12-19(11-15)23-14-17(13-20(23)24)21(25)22-18-8-6-4-3-5-7-9-18/h10-12,17-18H,3-9,13-14H2,1-2H3,(H,22,25). The van der Waals surface area contributed by atoms with E-state index in [9.17, 15) is 9.59 Å². The van der Waals surface area contributed by atoms with Crippen molar-refractivity contribution < 1.29 is 9.59 Å². The molecule has 2 fully saturated rings. The fourth-order valence-corrected chi connectivity index (χ4v) is 4.16. The minimum Gasteiger partial charge on any atom is -0.353 e. The van der Waals surface area contributed by atoms with Gasteiger partial charge in [-0.2, -0.15) is 0 Å². The van der Waals surface area contributed by atoms with Crippen LogP contribution in [0.1, 0.15) is 62.5 Å². The molecule has 0 spiro atoms. The molecule has 1 aromatic carbocycles. The van der Waals surface area contributed by atoms with Gasteiger partial charge in [0.2, 0.25) is 11.8 Å². The Morgan fingerprint density at radius 2 is 1.60 bits per heavy atom. The van der Waals surface area contributed by atoms with Crippen molar-refractivity contribution >= 4 is 17.5 Å². The van der Waals surface area contributed by atoms with E-state index in [1.165, 1.54) is 32.1 Å². The summed E-state index contributed by atoms with van der Waals surface area (Å²) in [5.41, 5.74) is 3.21. The summed E-state index contributed by atoms with van der Waals surface area (Å²) >= 11 is 0. The maximum atomic E-state index is 12.7. The average molecular weight is 342 g/mol. The Bertz CT molecular complexity index is 613. The van der Waals surface area contributed by atoms with Crippen molar-refractivity contribution in [2.24, 2.45) is 5.92 Å². The van der Waals surface area contributed by atoms with Crippen LogP contribution in [0.2, 0.25) is 0 Å². The summed E-state index contributed by atoms with van der Waals surface area (Å²) in [4.78, 5) is 26.9. The molecule has 0 aromatic heterocycles. The Balaban J connectivity index is 1.62. The van der Waals surface area contributed by atoms with Crippen LogP contribution < -0.4 is 10.2 Å². The molecule has 1 saturated carbocycles. The minimum atomic E-state index is -0.223. The van der Waals surface area contributed by atoms with Gasteiger partial charge in [0.05, 0.1) is 5.92 Å². The highest BCUT2D eigenvalue weighted by molar-refractivity contribution is 6.00. The van der Waals surface area contributed by atoms with Crippen molar-refractivity contribution in [3.05, 3.63) is 29.3 Å². The van der Waals surface area contributed by atoms with Gasteiger partial charge in [-0.1, -0.05) is 38.2 Å². The lowest BCUT2D eigenvalue weighted by molar-refractivity contribution is -0.127. The zero-order valence-corrected chi connectivity index (χ0v) is 15.5. The van der Waals surface area contributed by atoms with Gasteiger partial charge in [-0.25, -0.2) is 0 Å². The van der Waals surface area contributed by atoms with Crippen LogP contribution in [0.5, 0.6) is 0 Å². The summed E-state index contributed by atoms with van der Waals surface area (Å²) < 4.78 is 0. The zero-order chi connectivity index (χ0) is 17.8. The van der Waals surface area contributed by atoms with Gasteiger partial charge in [0.15, 0.2) is 0 Å². The first-order valence-electron chi connectivity index (χ1n) is 9.72. The molecule has 1 unspecified atom stereocenters. The summed E-state index contributed by atoms with van der Waals surface area (Å²) in [6, 6.07) is 6.45. The first-order valence-corrected chi connectivity index (χ1v) is 9.72. The van der Waals surface area contributed by atoms with E-state index in [0.717, 1.165) is 29.7 Å². The Kier molecular flexibility index (Phi) is 5.77. The molecule has 4 nitrogen and oxygen atoms in total. The van der Waals surface area contributed by atoms with E-state index < -0.39 is 0 Å². The van der Waals surface area contributed by atoms with Crippen molar-refractivity contribution in [2.75, 3.05) is 11.4 Å². The number of rotatable bonds is 3. The lowest BCUT2D eigenvalue weighted by atomic mass is 9.96. The van der Waals surface area contributed by atoms with E-state index in [0.29, 0.717) is 13.0 Å². The third-order valence-electron chi connectivity index (χ3n) is 5.47. The summed E-state index contributed by atoms with van der Waals surface area (Å²) in [7, 11) is 0. The minimum absolute atomic E-state index is 0.0582. The van der Waals surface area contributed by atoms with E-state index in [1.54, 1.807) is 4.90 Å². The van der Waals surface area contributed by atoms with Crippen LogP contribution in [-0.4, -0.2) is 24.4 Å². The molecule has 136 valence electrons. The van der Waals surface area contributed by atoms with Crippen LogP contribution >= 0.6 is 0 Å². The van der Waals surface area contributed by atoms with Crippen LogP contribution in [0.4, 0.5) is 5.69 Å². The van der Waals surface area contributed by atoms with Crippen LogP contribution in [0.15, 0.2) is 18.2 Å². The molecule has 25 heavy (non-hydrogen) atoms. The van der Waals surface area contributed by atoms with Gasteiger partial charge in [0.1, 0.15) is 0 Å². The van der Waals surface area contributed by atoms with Crippen molar-refractivity contribution in [3.63, 3.8) is 0 Å². The van der Waals surface area contributed by atoms with Crippen molar-refractivity contribution in [2.45, 2.75) is 71.3 Å². The summed E-state index contributed by atoms with van der Waals surface area (Å²) in [6.45, 7) is 4.58. The van der Waals surface area contributed by atoms with Crippen LogP contribution in [0.3, 0.4) is 0 Å². The number of hydrogen-bond donors (Lipinski definition) is 1. The van der Waals surface area contributed by atoms with Crippen molar-refractivity contribution in [1.82, 2.24) is 5.32 Å². The largest absolute Gasteiger partial charge is 0.353 e. The molecule has 2 amide bonds. The first-order chi connectivity index (χ1) is 12.0. The molecule has 1 aliphatic heterocycles. The highest BCUT2D eigenvalue weighted by atomic mass is 16.2. The highest BCUT2D eigenvalue weighted by Gasteiger charge is 2.35. The fourth-order valence-electron chi connectivity index (χ4n) is 4.16. The number of carbonyl (C=O) groups excluding carboxylic acids is 2. The number of carbonyl (C=O) groups is 2. The van der Waals surface area contributed by atoms with Gasteiger partial charge >= 0.3 is 0 Å². The first kappa shape index (κ1) is 18.0. The van der Waals surface area contributed by atoms with E-state index in [-0.39, 0.29) is 23.8 Å². The molecule has 3 rings (SSSR count). The second kappa shape index (κ2) is 8.03. The molecule has 1 heterocycles. The topological polar surface area (TPSA) is 49.4 Å². The molecular weight excluding hydrogens is 312 g/mol. The summed E-state index contributed by atoms with van der Waals surface area (Å²) in [6.07, 6.45) is 8.74. The molecule has 1 atom stereocenters. The third kappa shape index (κ3) is 4.62. The molecule has 0 radical (unpaired) electrons. The third-order valence-corrected chi connectivity index (χ3v) is 5.47. The normalized spacial score (nSPS) is 22.6. The number of benzene rings is 1. The number of amides is 2. The van der Waals surface area contributed by atoms with E-state index in [2.05, 4.69) is 11.4 Å². The Labute approximate surface area is 151 Å². The number of hydrogen-bond acceptors (Lipinski definition) is 2. The van der Waals surface area contributed by atoms with Gasteiger partial charge in [0, 0.05) is 24.7 Å². The monoisotopic (exact) mass is 342 g/mol. The zero-order valence-electron chi connectivity index (χ0n) is 15.5. The lowest BCUT2D eigenvalue weighted by Crippen LogP contribution is -2.40. The van der Waals surface area contributed by atoms with Gasteiger partial charge in [-0.15, -0.1) is 0 Å². The van der Waals surface area contributed by atoms with E-state index in [1.807, 2.05) is 26.0 Å². The maximum absolute atomic E-state index is 12.7. The molecule has 4 heteroatoms. The second-order valence-corrected chi connectivity index (χ2v) is 7.80. The molecule has 1 N–H and O–H groups in total. The maximum Gasteiger partial charge on any atom is 0.227 e. The van der Waals surface area contributed by atoms with Gasteiger partial charge in [-0.05, 0) is 49.9 Å². The number of anilines is 1. The number of nitrogens with one attached hydrogen (secondary N) is 1. The molecule has 1 aliphatic carbocycles. The quantitative estimate of drug-likeness (QED) is 0.906. The Morgan fingerprint density at radius 3 is 2.24 bits per heavy atom. The molecule has 1 saturated heterocycles. The predicted molar refractivity (Wildman–Crippen MR) is 101 cm³/mol. The Hall–Kier alpha value is -1.84. The highest BCUT2D eigenvalue weighted by Crippen LogP contribution is 2.27. The SMILES string of the molecule is Cc1cc(C)cc(N2CC(C(=O)NC3CCCCCCC3)CC2=O)c1. The number of nitrogens with zero attached hydrogens (tertiary/aromatic N) is 1. The van der Waals surface area contributed by atoms with E-state index >= 15 is 0 Å². The van der Waals surface area contributed by atoms with Crippen LogP contribution in [-0.2, 0) is 9.59 Å². The Morgan fingerprint density at radius 1 is 1.00 bits per heavy atom. The fraction of sp³-hybridized carbons (Fsp3) is 0.619. The van der Waals surface area contributed by atoms with Gasteiger partial charge < -0.3 is 10.2 Å². The van der Waals surface area contributed by atoms with Crippen LogP contribution in [0, 0.1) is 19.8 Å². The molecular formula is C21H30N2O2. The summed E-state index contributed by atoms with van der Waals surface area (Å²) in [5, 5.41) is 3.23. The van der Waals surface area contributed by atoms with Crippen LogP contribution in [0.25, 0.3) is 0 Å². The summed E-state index contributed by atoms with van der Waals surface area (Å²) in [5.74, 6) is -0.104. The molecule has 2 aliphatic rings. The van der Waals surface area contributed by atoms with Crippen molar-refractivity contribution in [3.8, 4) is 0 Å². The van der Waals surface area contributed by atoms with Gasteiger partial charge in [-0.3, -0.25) is 9.59 Å². The molecule has 0 bridgehead atoms. The molecule has 1 aromatic rings. The second-order valence-electron chi connectivity index (χ2n) is 7.80.